The van der Waals surface area contributed by atoms with E-state index in [2.05, 4.69) is 4.90 Å². The number of nitrogens with two attached hydrogens (primary N) is 1. The van der Waals surface area contributed by atoms with Gasteiger partial charge in [-0.2, -0.15) is 0 Å². The van der Waals surface area contributed by atoms with Crippen LogP contribution < -0.4 is 5.73 Å². The number of aromatic carboxylic acids is 1. The SMILES string of the molecule is NC(=O)C1CCCN(Cc2ccsc2C(=O)O)C1. The highest BCUT2D eigenvalue weighted by atomic mass is 32.1. The van der Waals surface area contributed by atoms with Gasteiger partial charge in [0.15, 0.2) is 0 Å². The highest BCUT2D eigenvalue weighted by Gasteiger charge is 2.25. The van der Waals surface area contributed by atoms with Crippen LogP contribution >= 0.6 is 11.3 Å². The van der Waals surface area contributed by atoms with Gasteiger partial charge in [-0.15, -0.1) is 11.3 Å². The standard InChI is InChI=1S/C12H16N2O3S/c13-11(15)9-2-1-4-14(7-9)6-8-3-5-18-10(8)12(16)17/h3,5,9H,1-2,4,6-7H2,(H2,13,15)(H,16,17). The van der Waals surface area contributed by atoms with Gasteiger partial charge in [0, 0.05) is 13.1 Å². The maximum atomic E-state index is 11.2. The normalized spacial score (nSPS) is 20.8. The first kappa shape index (κ1) is 13.0. The second kappa shape index (κ2) is 5.49. The Hall–Kier alpha value is -1.40. The summed E-state index contributed by atoms with van der Waals surface area (Å²) >= 11 is 1.24. The topological polar surface area (TPSA) is 83.6 Å². The van der Waals surface area contributed by atoms with Crippen LogP contribution in [-0.2, 0) is 11.3 Å². The summed E-state index contributed by atoms with van der Waals surface area (Å²) in [6.45, 7) is 2.10. The van der Waals surface area contributed by atoms with Gasteiger partial charge in [-0.1, -0.05) is 0 Å². The Morgan fingerprint density at radius 3 is 3.00 bits per heavy atom. The molecule has 5 nitrogen and oxygen atoms in total. The molecule has 1 atom stereocenters. The summed E-state index contributed by atoms with van der Waals surface area (Å²) in [4.78, 5) is 24.7. The second-order valence-corrected chi connectivity index (χ2v) is 5.47. The van der Waals surface area contributed by atoms with E-state index >= 15 is 0 Å². The van der Waals surface area contributed by atoms with Crippen LogP contribution in [0.2, 0.25) is 0 Å². The van der Waals surface area contributed by atoms with Gasteiger partial charge in [0.2, 0.25) is 5.91 Å². The molecule has 18 heavy (non-hydrogen) atoms. The zero-order valence-corrected chi connectivity index (χ0v) is 10.8. The van der Waals surface area contributed by atoms with Crippen molar-refractivity contribution in [2.24, 2.45) is 11.7 Å². The predicted molar refractivity (Wildman–Crippen MR) is 68.5 cm³/mol. The lowest BCUT2D eigenvalue weighted by molar-refractivity contribution is -0.123. The quantitative estimate of drug-likeness (QED) is 0.857. The minimum absolute atomic E-state index is 0.106. The molecular formula is C12H16N2O3S. The Bertz CT molecular complexity index is 458. The van der Waals surface area contributed by atoms with Crippen LogP contribution in [0.4, 0.5) is 0 Å². The zero-order chi connectivity index (χ0) is 13.1. The molecule has 98 valence electrons. The lowest BCUT2D eigenvalue weighted by atomic mass is 9.97. The van der Waals surface area contributed by atoms with E-state index in [0.717, 1.165) is 24.9 Å². The lowest BCUT2D eigenvalue weighted by Crippen LogP contribution is -2.40. The first-order valence-electron chi connectivity index (χ1n) is 5.89. The van der Waals surface area contributed by atoms with Crippen LogP contribution in [0.3, 0.4) is 0 Å². The molecule has 1 aliphatic heterocycles. The number of rotatable bonds is 4. The molecule has 1 aliphatic rings. The molecule has 1 fully saturated rings. The fourth-order valence-corrected chi connectivity index (χ4v) is 3.07. The van der Waals surface area contributed by atoms with Crippen LogP contribution in [0.1, 0.15) is 28.1 Å². The molecule has 2 rings (SSSR count). The molecule has 1 saturated heterocycles. The number of nitrogens with zero attached hydrogens (tertiary/aromatic N) is 1. The van der Waals surface area contributed by atoms with E-state index in [1.165, 1.54) is 11.3 Å². The lowest BCUT2D eigenvalue weighted by Gasteiger charge is -2.30. The van der Waals surface area contributed by atoms with Crippen molar-refractivity contribution in [3.63, 3.8) is 0 Å². The van der Waals surface area contributed by atoms with Gasteiger partial charge in [-0.25, -0.2) is 4.79 Å². The molecule has 1 aromatic rings. The summed E-state index contributed by atoms with van der Waals surface area (Å²) in [6, 6.07) is 1.84. The molecule has 1 aromatic heterocycles. The van der Waals surface area contributed by atoms with Gasteiger partial charge >= 0.3 is 5.97 Å². The molecule has 0 aliphatic carbocycles. The number of likely N-dealkylation sites (tertiary alicyclic amines) is 1. The maximum Gasteiger partial charge on any atom is 0.346 e. The minimum atomic E-state index is -0.886. The smallest absolute Gasteiger partial charge is 0.346 e. The first-order chi connectivity index (χ1) is 8.58. The van der Waals surface area contributed by atoms with Crippen molar-refractivity contribution >= 4 is 23.2 Å². The number of piperidine rings is 1. The molecule has 0 spiro atoms. The molecule has 1 unspecified atom stereocenters. The van der Waals surface area contributed by atoms with E-state index in [0.29, 0.717) is 18.0 Å². The van der Waals surface area contributed by atoms with Crippen molar-refractivity contribution < 1.29 is 14.7 Å². The first-order valence-corrected chi connectivity index (χ1v) is 6.77. The van der Waals surface area contributed by atoms with Crippen molar-refractivity contribution in [2.75, 3.05) is 13.1 Å². The van der Waals surface area contributed by atoms with E-state index < -0.39 is 5.97 Å². The second-order valence-electron chi connectivity index (χ2n) is 4.56. The van der Waals surface area contributed by atoms with Crippen LogP contribution in [-0.4, -0.2) is 35.0 Å². The third kappa shape index (κ3) is 2.88. The zero-order valence-electron chi connectivity index (χ0n) is 9.96. The Balaban J connectivity index is 2.02. The van der Waals surface area contributed by atoms with E-state index in [1.54, 1.807) is 5.38 Å². The van der Waals surface area contributed by atoms with Gasteiger partial charge in [-0.3, -0.25) is 9.69 Å². The number of hydrogen-bond donors (Lipinski definition) is 2. The Morgan fingerprint density at radius 2 is 2.33 bits per heavy atom. The van der Waals surface area contributed by atoms with Gasteiger partial charge < -0.3 is 10.8 Å². The van der Waals surface area contributed by atoms with Gasteiger partial charge in [0.25, 0.3) is 0 Å². The minimum Gasteiger partial charge on any atom is -0.477 e. The van der Waals surface area contributed by atoms with E-state index in [-0.39, 0.29) is 11.8 Å². The maximum absolute atomic E-state index is 11.2. The van der Waals surface area contributed by atoms with E-state index in [4.69, 9.17) is 10.8 Å². The summed E-state index contributed by atoms with van der Waals surface area (Å²) < 4.78 is 0. The predicted octanol–water partition coefficient (Wildman–Crippen LogP) is 1.14. The van der Waals surface area contributed by atoms with Crippen molar-refractivity contribution in [3.05, 3.63) is 21.9 Å². The molecule has 0 radical (unpaired) electrons. The van der Waals surface area contributed by atoms with E-state index in [9.17, 15) is 9.59 Å². The van der Waals surface area contributed by atoms with Crippen molar-refractivity contribution in [2.45, 2.75) is 19.4 Å². The number of amides is 1. The van der Waals surface area contributed by atoms with E-state index in [1.807, 2.05) is 6.07 Å². The molecule has 0 bridgehead atoms. The van der Waals surface area contributed by atoms with Gasteiger partial charge in [0.05, 0.1) is 5.92 Å². The molecule has 6 heteroatoms. The monoisotopic (exact) mass is 268 g/mol. The summed E-state index contributed by atoms with van der Waals surface area (Å²) in [7, 11) is 0. The Kier molecular flexibility index (Phi) is 3.98. The number of primary amides is 1. The van der Waals surface area contributed by atoms with Crippen LogP contribution in [0.15, 0.2) is 11.4 Å². The average molecular weight is 268 g/mol. The number of carboxylic acids is 1. The van der Waals surface area contributed by atoms with Gasteiger partial charge in [-0.05, 0) is 36.4 Å². The fourth-order valence-electron chi connectivity index (χ4n) is 2.32. The van der Waals surface area contributed by atoms with Crippen molar-refractivity contribution in [1.82, 2.24) is 4.90 Å². The number of carboxylic acid groups (broad SMARTS) is 1. The highest BCUT2D eigenvalue weighted by Crippen LogP contribution is 2.22. The molecule has 3 N–H and O–H groups in total. The van der Waals surface area contributed by atoms with Crippen LogP contribution in [0, 0.1) is 5.92 Å². The molecule has 1 amide bonds. The third-order valence-electron chi connectivity index (χ3n) is 3.24. The van der Waals surface area contributed by atoms with Crippen LogP contribution in [0.25, 0.3) is 0 Å². The summed E-state index contributed by atoms with van der Waals surface area (Å²) in [5.41, 5.74) is 6.14. The van der Waals surface area contributed by atoms with Crippen molar-refractivity contribution in [1.29, 1.82) is 0 Å². The third-order valence-corrected chi connectivity index (χ3v) is 4.19. The summed E-state index contributed by atoms with van der Waals surface area (Å²) in [6.07, 6.45) is 1.77. The average Bonchev–Trinajstić information content (AvgIpc) is 2.77. The Morgan fingerprint density at radius 1 is 1.56 bits per heavy atom. The Labute approximate surface area is 109 Å². The molecule has 2 heterocycles. The van der Waals surface area contributed by atoms with Crippen molar-refractivity contribution in [3.8, 4) is 0 Å². The molecular weight excluding hydrogens is 252 g/mol. The molecule has 0 saturated carbocycles. The summed E-state index contributed by atoms with van der Waals surface area (Å²) in [5.74, 6) is -1.25. The fraction of sp³-hybridized carbons (Fsp3) is 0.500. The van der Waals surface area contributed by atoms with Crippen LogP contribution in [0.5, 0.6) is 0 Å². The van der Waals surface area contributed by atoms with Gasteiger partial charge in [0.1, 0.15) is 4.88 Å². The largest absolute Gasteiger partial charge is 0.477 e. The number of hydrogen-bond acceptors (Lipinski definition) is 4. The number of carbonyl (C=O) groups is 2. The highest BCUT2D eigenvalue weighted by molar-refractivity contribution is 7.12. The molecule has 0 aromatic carbocycles. The summed E-state index contributed by atoms with van der Waals surface area (Å²) in [5, 5.41) is 10.8. The number of thiophene rings is 1. The number of carbonyl (C=O) groups excluding carboxylic acids is 1.